The molecule has 1 aromatic carbocycles. The van der Waals surface area contributed by atoms with Crippen molar-refractivity contribution in [3.63, 3.8) is 0 Å². The number of hydrogen-bond acceptors (Lipinski definition) is 4. The molecule has 0 radical (unpaired) electrons. The van der Waals surface area contributed by atoms with Crippen molar-refractivity contribution in [3.8, 4) is 11.6 Å². The summed E-state index contributed by atoms with van der Waals surface area (Å²) in [4.78, 5) is 4.07. The van der Waals surface area contributed by atoms with E-state index < -0.39 is 0 Å². The molecule has 0 atom stereocenters. The molecule has 1 aromatic heterocycles. The maximum Gasteiger partial charge on any atom is 0.214 e. The lowest BCUT2D eigenvalue weighted by atomic mass is 10.2. The van der Waals surface area contributed by atoms with Gasteiger partial charge in [-0.2, -0.15) is 0 Å². The number of anilines is 1. The molecule has 0 unspecified atom stereocenters. The molecule has 0 saturated heterocycles. The van der Waals surface area contributed by atoms with Gasteiger partial charge in [-0.3, -0.25) is 0 Å². The van der Waals surface area contributed by atoms with E-state index in [-0.39, 0.29) is 0 Å². The van der Waals surface area contributed by atoms with E-state index in [2.05, 4.69) is 16.4 Å². The number of pyridine rings is 1. The molecule has 0 fully saturated rings. The molecular weight excluding hydrogens is 240 g/mol. The zero-order valence-corrected chi connectivity index (χ0v) is 11.2. The van der Waals surface area contributed by atoms with Crippen molar-refractivity contribution in [2.45, 2.75) is 13.5 Å². The molecule has 0 bridgehead atoms. The maximum absolute atomic E-state index is 5.48. The van der Waals surface area contributed by atoms with Crippen molar-refractivity contribution < 1.29 is 9.47 Å². The Bertz CT molecular complexity index is 529. The monoisotopic (exact) mass is 258 g/mol. The van der Waals surface area contributed by atoms with Gasteiger partial charge in [-0.25, -0.2) is 4.98 Å². The minimum Gasteiger partial charge on any atom is -0.494 e. The summed E-state index contributed by atoms with van der Waals surface area (Å²) < 4.78 is 10.6. The van der Waals surface area contributed by atoms with Gasteiger partial charge in [0, 0.05) is 24.5 Å². The van der Waals surface area contributed by atoms with Gasteiger partial charge in [0.05, 0.1) is 13.7 Å². The van der Waals surface area contributed by atoms with Crippen molar-refractivity contribution in [1.82, 2.24) is 4.98 Å². The van der Waals surface area contributed by atoms with Crippen LogP contribution in [0.1, 0.15) is 12.5 Å². The van der Waals surface area contributed by atoms with Crippen LogP contribution in [-0.2, 0) is 6.54 Å². The molecule has 2 aromatic rings. The Balaban J connectivity index is 1.99. The van der Waals surface area contributed by atoms with E-state index in [9.17, 15) is 0 Å². The first-order valence-electron chi connectivity index (χ1n) is 6.27. The molecule has 0 saturated carbocycles. The summed E-state index contributed by atoms with van der Waals surface area (Å²) in [6.45, 7) is 3.39. The first-order chi connectivity index (χ1) is 9.31. The van der Waals surface area contributed by atoms with Crippen LogP contribution < -0.4 is 14.8 Å². The van der Waals surface area contributed by atoms with E-state index in [0.717, 1.165) is 18.0 Å². The Kier molecular flexibility index (Phi) is 4.61. The van der Waals surface area contributed by atoms with Gasteiger partial charge in [0.1, 0.15) is 5.75 Å². The van der Waals surface area contributed by atoms with E-state index in [4.69, 9.17) is 9.47 Å². The molecule has 100 valence electrons. The van der Waals surface area contributed by atoms with Gasteiger partial charge in [0.25, 0.3) is 0 Å². The second kappa shape index (κ2) is 6.64. The van der Waals surface area contributed by atoms with Crippen LogP contribution in [0.3, 0.4) is 0 Å². The smallest absolute Gasteiger partial charge is 0.214 e. The summed E-state index contributed by atoms with van der Waals surface area (Å²) >= 11 is 0. The minimum atomic E-state index is 0.605. The predicted octanol–water partition coefficient (Wildman–Crippen LogP) is 3.10. The second-order valence-corrected chi connectivity index (χ2v) is 4.02. The van der Waals surface area contributed by atoms with E-state index in [1.54, 1.807) is 13.3 Å². The molecule has 0 aliphatic rings. The lowest BCUT2D eigenvalue weighted by Crippen LogP contribution is -2.01. The fraction of sp³-hybridized carbons (Fsp3) is 0.267. The molecule has 0 spiro atoms. The van der Waals surface area contributed by atoms with Gasteiger partial charge < -0.3 is 14.8 Å². The van der Waals surface area contributed by atoms with Crippen LogP contribution in [0.2, 0.25) is 0 Å². The van der Waals surface area contributed by atoms with Crippen molar-refractivity contribution >= 4 is 5.69 Å². The summed E-state index contributed by atoms with van der Waals surface area (Å²) in [5, 5.41) is 3.33. The molecule has 4 heteroatoms. The average molecular weight is 258 g/mol. The Morgan fingerprint density at radius 1 is 1.21 bits per heavy atom. The number of hydrogen-bond donors (Lipinski definition) is 1. The number of aromatic nitrogens is 1. The number of nitrogens with one attached hydrogen (secondary N) is 1. The number of nitrogens with zero attached hydrogens (tertiary/aromatic N) is 1. The SMILES string of the molecule is CCOc1cccc(CNc2ccnc(OC)c2)c1. The average Bonchev–Trinajstić information content (AvgIpc) is 2.46. The number of rotatable bonds is 6. The van der Waals surface area contributed by atoms with Gasteiger partial charge in [-0.1, -0.05) is 12.1 Å². The van der Waals surface area contributed by atoms with Crippen LogP contribution in [0.15, 0.2) is 42.6 Å². The molecule has 0 aliphatic carbocycles. The summed E-state index contributed by atoms with van der Waals surface area (Å²) in [7, 11) is 1.61. The van der Waals surface area contributed by atoms with Crippen molar-refractivity contribution in [1.29, 1.82) is 0 Å². The van der Waals surface area contributed by atoms with Crippen molar-refractivity contribution in [2.75, 3.05) is 19.0 Å². The number of ether oxygens (including phenoxy) is 2. The van der Waals surface area contributed by atoms with E-state index in [1.807, 2.05) is 37.3 Å². The standard InChI is InChI=1S/C15H18N2O2/c1-3-19-14-6-4-5-12(9-14)11-17-13-7-8-16-15(10-13)18-2/h4-10H,3,11H2,1-2H3,(H,16,17). The normalized spacial score (nSPS) is 10.0. The minimum absolute atomic E-state index is 0.605. The Morgan fingerprint density at radius 2 is 2.11 bits per heavy atom. The fourth-order valence-electron chi connectivity index (χ4n) is 1.75. The van der Waals surface area contributed by atoms with Crippen molar-refractivity contribution in [2.24, 2.45) is 0 Å². The second-order valence-electron chi connectivity index (χ2n) is 4.02. The van der Waals surface area contributed by atoms with Crippen LogP contribution in [0.4, 0.5) is 5.69 Å². The van der Waals surface area contributed by atoms with Crippen LogP contribution in [-0.4, -0.2) is 18.7 Å². The third-order valence-corrected chi connectivity index (χ3v) is 2.65. The Labute approximate surface area is 113 Å². The molecule has 1 N–H and O–H groups in total. The van der Waals surface area contributed by atoms with Gasteiger partial charge in [-0.15, -0.1) is 0 Å². The van der Waals surface area contributed by atoms with E-state index in [1.165, 1.54) is 5.56 Å². The third kappa shape index (κ3) is 3.88. The summed E-state index contributed by atoms with van der Waals surface area (Å²) in [5.41, 5.74) is 2.15. The zero-order valence-electron chi connectivity index (χ0n) is 11.2. The van der Waals surface area contributed by atoms with Crippen LogP contribution in [0, 0.1) is 0 Å². The molecular formula is C15H18N2O2. The maximum atomic E-state index is 5.48. The third-order valence-electron chi connectivity index (χ3n) is 2.65. The molecule has 4 nitrogen and oxygen atoms in total. The van der Waals surface area contributed by atoms with Gasteiger partial charge in [-0.05, 0) is 30.7 Å². The molecule has 1 heterocycles. The number of methoxy groups -OCH3 is 1. The van der Waals surface area contributed by atoms with Gasteiger partial charge >= 0.3 is 0 Å². The van der Waals surface area contributed by atoms with Crippen LogP contribution in [0.25, 0.3) is 0 Å². The first-order valence-corrected chi connectivity index (χ1v) is 6.27. The fourth-order valence-corrected chi connectivity index (χ4v) is 1.75. The highest BCUT2D eigenvalue weighted by molar-refractivity contribution is 5.45. The lowest BCUT2D eigenvalue weighted by Gasteiger charge is -2.09. The summed E-state index contributed by atoms with van der Waals surface area (Å²) in [5.74, 6) is 1.50. The summed E-state index contributed by atoms with van der Waals surface area (Å²) in [6.07, 6.45) is 1.72. The zero-order chi connectivity index (χ0) is 13.5. The lowest BCUT2D eigenvalue weighted by molar-refractivity contribution is 0.340. The number of benzene rings is 1. The molecule has 0 amide bonds. The highest BCUT2D eigenvalue weighted by Gasteiger charge is 1.99. The Morgan fingerprint density at radius 3 is 2.89 bits per heavy atom. The van der Waals surface area contributed by atoms with Crippen LogP contribution in [0.5, 0.6) is 11.6 Å². The van der Waals surface area contributed by atoms with E-state index in [0.29, 0.717) is 12.5 Å². The molecule has 0 aliphatic heterocycles. The van der Waals surface area contributed by atoms with Crippen molar-refractivity contribution in [3.05, 3.63) is 48.2 Å². The first kappa shape index (κ1) is 13.2. The topological polar surface area (TPSA) is 43.4 Å². The van der Waals surface area contributed by atoms with E-state index >= 15 is 0 Å². The van der Waals surface area contributed by atoms with Crippen LogP contribution >= 0.6 is 0 Å². The van der Waals surface area contributed by atoms with Gasteiger partial charge in [0.2, 0.25) is 5.88 Å². The quantitative estimate of drug-likeness (QED) is 0.864. The van der Waals surface area contributed by atoms with Gasteiger partial charge in [0.15, 0.2) is 0 Å². The summed E-state index contributed by atoms with van der Waals surface area (Å²) in [6, 6.07) is 11.8. The Hall–Kier alpha value is -2.23. The highest BCUT2D eigenvalue weighted by Crippen LogP contribution is 2.17. The highest BCUT2D eigenvalue weighted by atomic mass is 16.5. The largest absolute Gasteiger partial charge is 0.494 e. The molecule has 19 heavy (non-hydrogen) atoms. The molecule has 2 rings (SSSR count). The predicted molar refractivity (Wildman–Crippen MR) is 75.7 cm³/mol.